The number of rotatable bonds is 9. The molecular weight excluding hydrogens is 396 g/mol. The molecular formula is C22H27ClO6. The Morgan fingerprint density at radius 2 is 1.55 bits per heavy atom. The fraction of sp³-hybridized carbons (Fsp3) is 0.273. The first-order valence-corrected chi connectivity index (χ1v) is 8.61. The van der Waals surface area contributed by atoms with E-state index in [9.17, 15) is 19.2 Å². The van der Waals surface area contributed by atoms with Gasteiger partial charge in [0.2, 0.25) is 0 Å². The summed E-state index contributed by atoms with van der Waals surface area (Å²) in [4.78, 5) is 43.9. The molecule has 0 aliphatic heterocycles. The van der Waals surface area contributed by atoms with Gasteiger partial charge in [-0.3, -0.25) is 14.4 Å². The topological polar surface area (TPSA) is 86.7 Å². The molecule has 0 atom stereocenters. The average molecular weight is 423 g/mol. The lowest BCUT2D eigenvalue weighted by Gasteiger charge is -2.04. The Balaban J connectivity index is 0. The zero-order chi connectivity index (χ0) is 21.5. The number of ether oxygens (including phenoxy) is 2. The van der Waals surface area contributed by atoms with Crippen molar-refractivity contribution in [1.29, 1.82) is 0 Å². The maximum absolute atomic E-state index is 11.7. The van der Waals surface area contributed by atoms with Crippen molar-refractivity contribution in [2.24, 2.45) is 0 Å². The van der Waals surface area contributed by atoms with Crippen molar-refractivity contribution in [2.45, 2.75) is 27.7 Å². The minimum Gasteiger partial charge on any atom is -0.461 e. The van der Waals surface area contributed by atoms with Crippen LogP contribution in [0.3, 0.4) is 0 Å². The van der Waals surface area contributed by atoms with Crippen LogP contribution >= 0.6 is 11.6 Å². The van der Waals surface area contributed by atoms with Crippen molar-refractivity contribution >= 4 is 41.2 Å². The Morgan fingerprint density at radius 1 is 1.00 bits per heavy atom. The van der Waals surface area contributed by atoms with Crippen molar-refractivity contribution in [3.8, 4) is 0 Å². The number of halogens is 1. The Morgan fingerprint density at radius 3 is 2.03 bits per heavy atom. The molecule has 1 rings (SSSR count). The number of hydrogen-bond acceptors (Lipinski definition) is 6. The molecule has 0 saturated heterocycles. The van der Waals surface area contributed by atoms with E-state index in [-0.39, 0.29) is 44.2 Å². The molecule has 0 unspecified atom stereocenters. The Labute approximate surface area is 176 Å². The van der Waals surface area contributed by atoms with Gasteiger partial charge in [0, 0.05) is 5.02 Å². The third-order valence-corrected chi connectivity index (χ3v) is 3.24. The molecule has 1 aromatic carbocycles. The maximum Gasteiger partial charge on any atom is 0.342 e. The molecule has 0 N–H and O–H groups in total. The number of benzene rings is 1. The van der Waals surface area contributed by atoms with Gasteiger partial charge in [-0.1, -0.05) is 62.5 Å². The Bertz CT molecular complexity index is 764. The lowest BCUT2D eigenvalue weighted by atomic mass is 10.1. The third-order valence-electron chi connectivity index (χ3n) is 2.89. The summed E-state index contributed by atoms with van der Waals surface area (Å²) in [7, 11) is 0. The summed E-state index contributed by atoms with van der Waals surface area (Å²) in [5.74, 6) is -1.73. The molecule has 0 aliphatic carbocycles. The largest absolute Gasteiger partial charge is 0.461 e. The van der Waals surface area contributed by atoms with Crippen molar-refractivity contribution in [1.82, 2.24) is 0 Å². The van der Waals surface area contributed by atoms with Crippen molar-refractivity contribution in [2.75, 3.05) is 13.2 Å². The molecule has 6 nitrogen and oxygen atoms in total. The smallest absolute Gasteiger partial charge is 0.342 e. The molecule has 0 aliphatic rings. The lowest BCUT2D eigenvalue weighted by Crippen LogP contribution is -2.13. The number of carbonyl (C=O) groups excluding carboxylic acids is 4. The molecule has 29 heavy (non-hydrogen) atoms. The van der Waals surface area contributed by atoms with Gasteiger partial charge in [-0.05, 0) is 31.6 Å². The van der Waals surface area contributed by atoms with E-state index in [0.29, 0.717) is 10.6 Å². The second kappa shape index (κ2) is 16.0. The van der Waals surface area contributed by atoms with E-state index in [0.717, 1.165) is 0 Å². The van der Waals surface area contributed by atoms with Crippen LogP contribution < -0.4 is 0 Å². The Hall–Kier alpha value is -2.99. The number of hydrogen-bond donors (Lipinski definition) is 0. The lowest BCUT2D eigenvalue weighted by molar-refractivity contribution is -0.144. The van der Waals surface area contributed by atoms with E-state index in [1.54, 1.807) is 24.3 Å². The fourth-order valence-corrected chi connectivity index (χ4v) is 1.86. The highest BCUT2D eigenvalue weighted by molar-refractivity contribution is 6.32. The first-order chi connectivity index (χ1) is 13.2. The second-order valence-corrected chi connectivity index (χ2v) is 5.78. The van der Waals surface area contributed by atoms with Crippen LogP contribution in [0.5, 0.6) is 0 Å². The predicted molar refractivity (Wildman–Crippen MR) is 114 cm³/mol. The van der Waals surface area contributed by atoms with Gasteiger partial charge in [0.25, 0.3) is 0 Å². The number of ketones is 2. The normalized spacial score (nSPS) is 9.69. The summed E-state index contributed by atoms with van der Waals surface area (Å²) in [6.07, 6.45) is 4.17. The molecule has 0 bridgehead atoms. The Kier molecular flexibility index (Phi) is 15.6. The highest BCUT2D eigenvalue weighted by Crippen LogP contribution is 2.19. The van der Waals surface area contributed by atoms with Crippen molar-refractivity contribution in [3.63, 3.8) is 0 Å². The van der Waals surface area contributed by atoms with E-state index >= 15 is 0 Å². The highest BCUT2D eigenvalue weighted by Gasteiger charge is 2.16. The molecule has 0 heterocycles. The van der Waals surface area contributed by atoms with Crippen molar-refractivity contribution in [3.05, 3.63) is 65.7 Å². The predicted octanol–water partition coefficient (Wildman–Crippen LogP) is 4.37. The fourth-order valence-electron chi connectivity index (χ4n) is 1.67. The quantitative estimate of drug-likeness (QED) is 0.193. The van der Waals surface area contributed by atoms with Crippen LogP contribution in [0.4, 0.5) is 0 Å². The van der Waals surface area contributed by atoms with Crippen LogP contribution in [0.1, 0.15) is 33.3 Å². The van der Waals surface area contributed by atoms with E-state index < -0.39 is 11.9 Å². The van der Waals surface area contributed by atoms with E-state index in [2.05, 4.69) is 17.9 Å². The molecule has 0 radical (unpaired) electrons. The van der Waals surface area contributed by atoms with Crippen LogP contribution in [0.25, 0.3) is 6.08 Å². The summed E-state index contributed by atoms with van der Waals surface area (Å²) < 4.78 is 9.36. The van der Waals surface area contributed by atoms with Crippen LogP contribution in [0.15, 0.2) is 55.1 Å². The summed E-state index contributed by atoms with van der Waals surface area (Å²) in [6.45, 7) is 9.66. The van der Waals surface area contributed by atoms with Gasteiger partial charge >= 0.3 is 11.9 Å². The van der Waals surface area contributed by atoms with Crippen molar-refractivity contribution < 1.29 is 28.7 Å². The molecule has 158 valence electrons. The van der Waals surface area contributed by atoms with Crippen LogP contribution in [0.2, 0.25) is 5.02 Å². The van der Waals surface area contributed by atoms with Gasteiger partial charge in [0.15, 0.2) is 5.78 Å². The van der Waals surface area contributed by atoms with Gasteiger partial charge in [-0.15, -0.1) is 0 Å². The van der Waals surface area contributed by atoms with E-state index in [4.69, 9.17) is 16.3 Å². The molecule has 0 aromatic heterocycles. The third kappa shape index (κ3) is 12.9. The minimum absolute atomic E-state index is 0. The molecule has 0 fully saturated rings. The summed E-state index contributed by atoms with van der Waals surface area (Å²) in [5.41, 5.74) is 0.560. The first kappa shape index (κ1) is 28.2. The van der Waals surface area contributed by atoms with Gasteiger partial charge in [-0.25, -0.2) is 4.79 Å². The SMILES string of the molecule is C.C=CCOC(=O)/C(=C/c1ccccc1Cl)C(C)=O.C=CCOC(=O)CC(C)=O. The maximum atomic E-state index is 11.7. The molecule has 0 spiro atoms. The van der Waals surface area contributed by atoms with Gasteiger partial charge in [-0.2, -0.15) is 0 Å². The minimum atomic E-state index is -0.678. The number of Topliss-reactive ketones (excluding diaryl/α,β-unsaturated/α-hetero) is 2. The van der Waals surface area contributed by atoms with Gasteiger partial charge in [0.05, 0.1) is 0 Å². The average Bonchev–Trinajstić information content (AvgIpc) is 2.63. The van der Waals surface area contributed by atoms with E-state index in [1.165, 1.54) is 32.1 Å². The summed E-state index contributed by atoms with van der Waals surface area (Å²) >= 11 is 5.96. The van der Waals surface area contributed by atoms with Gasteiger partial charge < -0.3 is 9.47 Å². The standard InChI is InChI=1S/C14H13ClO3.C7H10O3.CH4/c1-3-8-18-14(17)12(10(2)16)9-11-6-4-5-7-13(11)15;1-3-4-10-7(9)5-6(2)8;/h3-7,9H,1,8H2,2H3;3H,1,4-5H2,2H3;1H4/b12-9+;;. The number of esters is 2. The molecule has 0 amide bonds. The molecule has 1 aromatic rings. The number of carbonyl (C=O) groups is 4. The second-order valence-electron chi connectivity index (χ2n) is 5.37. The highest BCUT2D eigenvalue weighted by atomic mass is 35.5. The monoisotopic (exact) mass is 422 g/mol. The van der Waals surface area contributed by atoms with Crippen LogP contribution in [-0.4, -0.2) is 36.7 Å². The first-order valence-electron chi connectivity index (χ1n) is 8.24. The van der Waals surface area contributed by atoms with E-state index in [1.807, 2.05) is 0 Å². The summed E-state index contributed by atoms with van der Waals surface area (Å²) in [5, 5.41) is 0.466. The molecule has 0 saturated carbocycles. The van der Waals surface area contributed by atoms with Crippen LogP contribution in [-0.2, 0) is 28.7 Å². The summed E-state index contributed by atoms with van der Waals surface area (Å²) in [6, 6.07) is 6.93. The zero-order valence-corrected chi connectivity index (χ0v) is 16.7. The zero-order valence-electron chi connectivity index (χ0n) is 15.9. The molecule has 7 heteroatoms. The van der Waals surface area contributed by atoms with Gasteiger partial charge in [0.1, 0.15) is 31.0 Å². The van der Waals surface area contributed by atoms with Crippen LogP contribution in [0, 0.1) is 0 Å².